The number of terminal acetylenes is 1. The van der Waals surface area contributed by atoms with Gasteiger partial charge in [-0.15, -0.1) is 6.42 Å². The molecule has 0 amide bonds. The second-order valence-corrected chi connectivity index (χ2v) is 9.49. The molecule has 5 N–H and O–H groups in total. The Kier molecular flexibility index (Phi) is 3.95. The highest BCUT2D eigenvalue weighted by atomic mass is 16.3. The van der Waals surface area contributed by atoms with Crippen LogP contribution in [0.4, 0.5) is 0 Å². The highest BCUT2D eigenvalue weighted by Gasteiger charge is 2.68. The van der Waals surface area contributed by atoms with Crippen LogP contribution in [-0.4, -0.2) is 55.5 Å². The van der Waals surface area contributed by atoms with Crippen molar-refractivity contribution in [1.82, 2.24) is 0 Å². The summed E-state index contributed by atoms with van der Waals surface area (Å²) in [6.45, 7) is 4.07. The summed E-state index contributed by atoms with van der Waals surface area (Å²) in [5.74, 6) is 2.37. The van der Waals surface area contributed by atoms with Gasteiger partial charge in [0.05, 0.1) is 18.3 Å². The van der Waals surface area contributed by atoms with Crippen LogP contribution in [0.2, 0.25) is 0 Å². The van der Waals surface area contributed by atoms with Crippen molar-refractivity contribution in [2.45, 2.75) is 76.0 Å². The molecule has 3 saturated carbocycles. The van der Waals surface area contributed by atoms with Crippen LogP contribution < -0.4 is 0 Å². The fourth-order valence-electron chi connectivity index (χ4n) is 6.98. The van der Waals surface area contributed by atoms with Gasteiger partial charge in [0.25, 0.3) is 0 Å². The Bertz CT molecular complexity index is 682. The van der Waals surface area contributed by atoms with Crippen LogP contribution in [0.25, 0.3) is 0 Å². The topological polar surface area (TPSA) is 101 Å². The maximum Gasteiger partial charge on any atom is 0.156 e. The van der Waals surface area contributed by atoms with Crippen molar-refractivity contribution in [2.75, 3.05) is 0 Å². The molecule has 4 rings (SSSR count). The molecule has 5 nitrogen and oxygen atoms in total. The first kappa shape index (κ1) is 18.5. The minimum atomic E-state index is -1.57. The normalized spacial score (nSPS) is 58.8. The number of hydrogen-bond donors (Lipinski definition) is 5. The van der Waals surface area contributed by atoms with Gasteiger partial charge in [0.1, 0.15) is 6.10 Å². The van der Waals surface area contributed by atoms with E-state index in [0.29, 0.717) is 19.3 Å². The fourth-order valence-corrected chi connectivity index (χ4v) is 6.98. The Morgan fingerprint density at radius 1 is 1.08 bits per heavy atom. The average molecular weight is 362 g/mol. The van der Waals surface area contributed by atoms with Crippen molar-refractivity contribution >= 4 is 0 Å². The first-order valence-corrected chi connectivity index (χ1v) is 9.75. The Morgan fingerprint density at radius 2 is 1.77 bits per heavy atom. The van der Waals surface area contributed by atoms with Crippen molar-refractivity contribution in [1.29, 1.82) is 0 Å². The van der Waals surface area contributed by atoms with E-state index in [4.69, 9.17) is 6.42 Å². The lowest BCUT2D eigenvalue weighted by molar-refractivity contribution is -0.141. The molecule has 0 bridgehead atoms. The maximum atomic E-state index is 11.0. The third kappa shape index (κ3) is 2.00. The largest absolute Gasteiger partial charge is 0.390 e. The molecule has 144 valence electrons. The molecule has 0 aromatic heterocycles. The molecule has 4 aliphatic carbocycles. The molecule has 0 aliphatic heterocycles. The molecule has 0 radical (unpaired) electrons. The van der Waals surface area contributed by atoms with Crippen LogP contribution in [0.15, 0.2) is 11.6 Å². The number of aliphatic hydroxyl groups excluding tert-OH is 4. The average Bonchev–Trinajstić information content (AvgIpc) is 2.81. The third-order valence-electron chi connectivity index (χ3n) is 8.64. The zero-order chi connectivity index (χ0) is 19.1. The third-order valence-corrected chi connectivity index (χ3v) is 8.64. The van der Waals surface area contributed by atoms with E-state index in [-0.39, 0.29) is 23.2 Å². The Labute approximate surface area is 154 Å². The van der Waals surface area contributed by atoms with Crippen LogP contribution in [-0.2, 0) is 0 Å². The van der Waals surface area contributed by atoms with Gasteiger partial charge in [0.2, 0.25) is 0 Å². The predicted molar refractivity (Wildman–Crippen MR) is 95.7 cm³/mol. The van der Waals surface area contributed by atoms with E-state index in [2.05, 4.69) is 12.8 Å². The molecule has 0 unspecified atom stereocenters. The Hall–Kier alpha value is -0.900. The van der Waals surface area contributed by atoms with Gasteiger partial charge >= 0.3 is 0 Å². The van der Waals surface area contributed by atoms with Gasteiger partial charge in [0, 0.05) is 5.41 Å². The summed E-state index contributed by atoms with van der Waals surface area (Å²) in [5.41, 5.74) is -1.75. The van der Waals surface area contributed by atoms with Crippen LogP contribution in [0.1, 0.15) is 46.0 Å². The first-order valence-electron chi connectivity index (χ1n) is 9.75. The van der Waals surface area contributed by atoms with Crippen molar-refractivity contribution in [3.05, 3.63) is 11.6 Å². The monoisotopic (exact) mass is 362 g/mol. The zero-order valence-electron chi connectivity index (χ0n) is 15.5. The summed E-state index contributed by atoms with van der Waals surface area (Å²) in [6.07, 6.45) is 6.96. The summed E-state index contributed by atoms with van der Waals surface area (Å²) in [4.78, 5) is 0. The number of aliphatic hydroxyl groups is 5. The van der Waals surface area contributed by atoms with E-state index < -0.39 is 35.4 Å². The summed E-state index contributed by atoms with van der Waals surface area (Å²) < 4.78 is 0. The minimum absolute atomic E-state index is 0.0917. The quantitative estimate of drug-likeness (QED) is 0.321. The molecule has 5 heteroatoms. The SMILES string of the molecule is C#C[C@]1(O)[C@H](O)C[C@H]2[C@@H]3[C@@H](O)C=C4[C@@H](O)[C@@H](O)CC[C@]4(C)[C@H]3CC[C@@]21C. The lowest BCUT2D eigenvalue weighted by Crippen LogP contribution is -2.59. The van der Waals surface area contributed by atoms with Crippen molar-refractivity contribution in [3.8, 4) is 12.3 Å². The summed E-state index contributed by atoms with van der Waals surface area (Å²) >= 11 is 0. The van der Waals surface area contributed by atoms with E-state index in [9.17, 15) is 25.5 Å². The van der Waals surface area contributed by atoms with E-state index >= 15 is 0 Å². The summed E-state index contributed by atoms with van der Waals surface area (Å²) in [6, 6.07) is 0. The molecule has 0 aromatic carbocycles. The maximum absolute atomic E-state index is 11.0. The number of fused-ring (bicyclic) bond motifs is 5. The highest BCUT2D eigenvalue weighted by molar-refractivity contribution is 5.34. The summed E-state index contributed by atoms with van der Waals surface area (Å²) in [7, 11) is 0. The van der Waals surface area contributed by atoms with Crippen LogP contribution in [0, 0.1) is 40.9 Å². The van der Waals surface area contributed by atoms with Gasteiger partial charge in [-0.3, -0.25) is 0 Å². The number of hydrogen-bond acceptors (Lipinski definition) is 5. The van der Waals surface area contributed by atoms with Gasteiger partial charge in [0.15, 0.2) is 5.60 Å². The Balaban J connectivity index is 1.78. The number of rotatable bonds is 0. The molecule has 26 heavy (non-hydrogen) atoms. The first-order chi connectivity index (χ1) is 12.1. The van der Waals surface area contributed by atoms with Gasteiger partial charge < -0.3 is 25.5 Å². The Morgan fingerprint density at radius 3 is 2.42 bits per heavy atom. The predicted octanol–water partition coefficient (Wildman–Crippen LogP) is 0.587. The highest BCUT2D eigenvalue weighted by Crippen LogP contribution is 2.67. The zero-order valence-corrected chi connectivity index (χ0v) is 15.5. The van der Waals surface area contributed by atoms with Crippen molar-refractivity contribution < 1.29 is 25.5 Å². The van der Waals surface area contributed by atoms with Gasteiger partial charge in [-0.05, 0) is 60.8 Å². The molecular formula is C21H30O5. The van der Waals surface area contributed by atoms with Crippen molar-refractivity contribution in [2.24, 2.45) is 28.6 Å². The molecule has 3 fully saturated rings. The van der Waals surface area contributed by atoms with Gasteiger partial charge in [-0.2, -0.15) is 0 Å². The molecule has 0 heterocycles. The molecule has 0 spiro atoms. The standard InChI is InChI=1S/C21H30O5/c1-4-21(26)16(24)10-12-17-11(5-8-20(12,21)3)19(2)7-6-14(22)18(25)13(19)9-15(17)23/h1,9,11-12,14-18,22-26H,5-8,10H2,2-3H3/t11-,12-,14-,15-,16+,17+,18+,19+,20-,21-/m0/s1. The molecule has 10 atom stereocenters. The molecule has 4 aliphatic rings. The molecular weight excluding hydrogens is 332 g/mol. The fraction of sp³-hybridized carbons (Fsp3) is 0.810. The molecule has 0 saturated heterocycles. The van der Waals surface area contributed by atoms with Gasteiger partial charge in [-0.1, -0.05) is 25.8 Å². The van der Waals surface area contributed by atoms with E-state index in [1.54, 1.807) is 6.08 Å². The van der Waals surface area contributed by atoms with Gasteiger partial charge in [-0.25, -0.2) is 0 Å². The smallest absolute Gasteiger partial charge is 0.156 e. The molecule has 0 aromatic rings. The van der Waals surface area contributed by atoms with Crippen molar-refractivity contribution in [3.63, 3.8) is 0 Å². The summed E-state index contributed by atoms with van der Waals surface area (Å²) in [5, 5.41) is 53.1. The minimum Gasteiger partial charge on any atom is -0.390 e. The second-order valence-electron chi connectivity index (χ2n) is 9.49. The van der Waals surface area contributed by atoms with E-state index in [1.807, 2.05) is 6.92 Å². The van der Waals surface area contributed by atoms with Crippen LogP contribution in [0.5, 0.6) is 0 Å². The van der Waals surface area contributed by atoms with E-state index in [0.717, 1.165) is 18.4 Å². The second kappa shape index (κ2) is 5.56. The van der Waals surface area contributed by atoms with E-state index in [1.165, 1.54) is 0 Å². The van der Waals surface area contributed by atoms with Crippen LogP contribution >= 0.6 is 0 Å². The lowest BCUT2D eigenvalue weighted by atomic mass is 9.46. The van der Waals surface area contributed by atoms with Crippen LogP contribution in [0.3, 0.4) is 0 Å². The lowest BCUT2D eigenvalue weighted by Gasteiger charge is -2.59.